The highest BCUT2D eigenvalue weighted by Gasteiger charge is 2.39. The lowest BCUT2D eigenvalue weighted by atomic mass is 9.97. The van der Waals surface area contributed by atoms with Crippen molar-refractivity contribution in [1.29, 1.82) is 0 Å². The molecule has 2 saturated heterocycles. The lowest BCUT2D eigenvalue weighted by molar-refractivity contribution is 0.0697. The summed E-state index contributed by atoms with van der Waals surface area (Å²) in [6, 6.07) is 9.53. The minimum atomic E-state index is -0.986. The van der Waals surface area contributed by atoms with Gasteiger partial charge in [-0.1, -0.05) is 0 Å². The van der Waals surface area contributed by atoms with E-state index < -0.39 is 5.97 Å². The van der Waals surface area contributed by atoms with E-state index in [0.29, 0.717) is 5.54 Å². The fourth-order valence-corrected chi connectivity index (χ4v) is 3.45. The zero-order valence-electron chi connectivity index (χ0n) is 14.1. The minimum absolute atomic E-state index is 0.0741. The Hall–Kier alpha value is -2.60. The maximum atomic E-state index is 10.2. The molecule has 3 N–H and O–H groups in total. The molecule has 6 nitrogen and oxygen atoms in total. The number of aromatic carboxylic acids is 1. The Morgan fingerprint density at radius 2 is 2.00 bits per heavy atom. The highest BCUT2D eigenvalue weighted by atomic mass is 16.4. The Labute approximate surface area is 147 Å². The number of aromatic nitrogens is 1. The van der Waals surface area contributed by atoms with Gasteiger partial charge in [0.25, 0.3) is 0 Å². The van der Waals surface area contributed by atoms with Gasteiger partial charge in [-0.25, -0.2) is 4.79 Å². The van der Waals surface area contributed by atoms with Crippen molar-refractivity contribution in [3.8, 4) is 5.75 Å². The largest absolute Gasteiger partial charge is 0.508 e. The Kier molecular flexibility index (Phi) is 5.19. The maximum absolute atomic E-state index is 10.2. The molecule has 2 fully saturated rings. The first-order chi connectivity index (χ1) is 12.1. The standard InChI is InChI=1S/C12H17N3.C7H6O3/c1-3-11(9-13-6-1)15-8-5-12(10-15)4-2-7-14-12;8-6-3-1-5(2-4-6)7(9)10/h1,3,6,9,14H,2,4-5,7-8,10H2;1-4,8H,(H,9,10). The van der Waals surface area contributed by atoms with Crippen LogP contribution in [-0.2, 0) is 0 Å². The van der Waals surface area contributed by atoms with Crippen LogP contribution in [-0.4, -0.2) is 46.3 Å². The zero-order valence-corrected chi connectivity index (χ0v) is 14.1. The number of phenolic OH excluding ortho intramolecular Hbond substituents is 1. The van der Waals surface area contributed by atoms with Crippen LogP contribution in [0.15, 0.2) is 48.8 Å². The summed E-state index contributed by atoms with van der Waals surface area (Å²) in [6.45, 7) is 3.51. The summed E-state index contributed by atoms with van der Waals surface area (Å²) in [5.41, 5.74) is 1.86. The van der Waals surface area contributed by atoms with E-state index in [0.717, 1.165) is 6.54 Å². The average Bonchev–Trinajstić information content (AvgIpc) is 3.27. The van der Waals surface area contributed by atoms with Crippen molar-refractivity contribution < 1.29 is 15.0 Å². The van der Waals surface area contributed by atoms with Crippen molar-refractivity contribution in [1.82, 2.24) is 10.3 Å². The molecule has 1 atom stereocenters. The number of carboxylic acids is 1. The van der Waals surface area contributed by atoms with Crippen molar-refractivity contribution in [2.24, 2.45) is 0 Å². The summed E-state index contributed by atoms with van der Waals surface area (Å²) in [7, 11) is 0. The molecule has 0 radical (unpaired) electrons. The Morgan fingerprint density at radius 3 is 2.60 bits per heavy atom. The van der Waals surface area contributed by atoms with Crippen LogP contribution in [0, 0.1) is 0 Å². The lowest BCUT2D eigenvalue weighted by Gasteiger charge is -2.25. The molecule has 4 rings (SSSR count). The van der Waals surface area contributed by atoms with Crippen LogP contribution in [0.1, 0.15) is 29.6 Å². The number of carbonyl (C=O) groups is 1. The van der Waals surface area contributed by atoms with Crippen molar-refractivity contribution in [3.63, 3.8) is 0 Å². The average molecular weight is 341 g/mol. The van der Waals surface area contributed by atoms with Gasteiger partial charge in [0.1, 0.15) is 5.75 Å². The summed E-state index contributed by atoms with van der Waals surface area (Å²) in [5, 5.41) is 20.8. The number of hydrogen-bond acceptors (Lipinski definition) is 5. The molecule has 1 aromatic heterocycles. The van der Waals surface area contributed by atoms with Gasteiger partial charge in [0, 0.05) is 24.8 Å². The van der Waals surface area contributed by atoms with E-state index in [-0.39, 0.29) is 11.3 Å². The summed E-state index contributed by atoms with van der Waals surface area (Å²) < 4.78 is 0. The van der Waals surface area contributed by atoms with Gasteiger partial charge < -0.3 is 20.4 Å². The van der Waals surface area contributed by atoms with Gasteiger partial charge >= 0.3 is 5.97 Å². The first kappa shape index (κ1) is 17.2. The molecule has 2 aliphatic rings. The number of aromatic hydroxyl groups is 1. The SMILES string of the molecule is O=C(O)c1ccc(O)cc1.c1cncc(N2CCC3(CCCN3)C2)c1. The fourth-order valence-electron chi connectivity index (χ4n) is 3.45. The van der Waals surface area contributed by atoms with Crippen molar-refractivity contribution in [3.05, 3.63) is 54.4 Å². The van der Waals surface area contributed by atoms with Crippen LogP contribution in [0.4, 0.5) is 5.69 Å². The number of pyridine rings is 1. The summed E-state index contributed by atoms with van der Waals surface area (Å²) in [6.07, 6.45) is 7.75. The van der Waals surface area contributed by atoms with E-state index in [2.05, 4.69) is 21.3 Å². The third kappa shape index (κ3) is 4.28. The van der Waals surface area contributed by atoms with Gasteiger partial charge in [0.15, 0.2) is 0 Å². The molecule has 25 heavy (non-hydrogen) atoms. The number of rotatable bonds is 2. The van der Waals surface area contributed by atoms with Gasteiger partial charge in [-0.3, -0.25) is 4.98 Å². The van der Waals surface area contributed by atoms with Crippen LogP contribution in [0.2, 0.25) is 0 Å². The molecule has 1 unspecified atom stereocenters. The quantitative estimate of drug-likeness (QED) is 0.778. The van der Waals surface area contributed by atoms with Crippen LogP contribution >= 0.6 is 0 Å². The lowest BCUT2D eigenvalue weighted by Crippen LogP contribution is -2.42. The molecular weight excluding hydrogens is 318 g/mol. The molecular formula is C19H23N3O3. The van der Waals surface area contributed by atoms with Gasteiger partial charge in [-0.2, -0.15) is 0 Å². The smallest absolute Gasteiger partial charge is 0.335 e. The van der Waals surface area contributed by atoms with Gasteiger partial charge in [0.05, 0.1) is 17.4 Å². The van der Waals surface area contributed by atoms with E-state index in [1.807, 2.05) is 18.5 Å². The molecule has 6 heteroatoms. The molecule has 0 amide bonds. The van der Waals surface area contributed by atoms with E-state index >= 15 is 0 Å². The Morgan fingerprint density at radius 1 is 1.20 bits per heavy atom. The van der Waals surface area contributed by atoms with E-state index in [1.54, 1.807) is 0 Å². The number of carboxylic acid groups (broad SMARTS) is 1. The van der Waals surface area contributed by atoms with Gasteiger partial charge in [-0.15, -0.1) is 0 Å². The number of benzene rings is 1. The molecule has 0 saturated carbocycles. The third-order valence-electron chi connectivity index (χ3n) is 4.81. The number of anilines is 1. The van der Waals surface area contributed by atoms with E-state index in [4.69, 9.17) is 10.2 Å². The molecule has 132 valence electrons. The highest BCUT2D eigenvalue weighted by Crippen LogP contribution is 2.32. The number of nitrogens with one attached hydrogen (secondary N) is 1. The zero-order chi connectivity index (χ0) is 17.7. The van der Waals surface area contributed by atoms with Crippen molar-refractivity contribution >= 4 is 11.7 Å². The molecule has 3 heterocycles. The molecule has 1 spiro atoms. The second-order valence-corrected chi connectivity index (χ2v) is 6.55. The number of nitrogens with zero attached hydrogens (tertiary/aromatic N) is 2. The molecule has 2 aromatic rings. The predicted molar refractivity (Wildman–Crippen MR) is 96.1 cm³/mol. The van der Waals surface area contributed by atoms with Crippen LogP contribution in [0.25, 0.3) is 0 Å². The second-order valence-electron chi connectivity index (χ2n) is 6.55. The van der Waals surface area contributed by atoms with Gasteiger partial charge in [-0.05, 0) is 62.2 Å². The summed E-state index contributed by atoms with van der Waals surface area (Å²) in [5.74, 6) is -0.912. The van der Waals surface area contributed by atoms with Crippen molar-refractivity contribution in [2.75, 3.05) is 24.5 Å². The highest BCUT2D eigenvalue weighted by molar-refractivity contribution is 5.87. The summed E-state index contributed by atoms with van der Waals surface area (Å²) >= 11 is 0. The van der Waals surface area contributed by atoms with E-state index in [1.165, 1.54) is 62.3 Å². The maximum Gasteiger partial charge on any atom is 0.335 e. The molecule has 0 bridgehead atoms. The normalized spacial score (nSPS) is 21.8. The van der Waals surface area contributed by atoms with Crippen LogP contribution < -0.4 is 10.2 Å². The third-order valence-corrected chi connectivity index (χ3v) is 4.81. The first-order valence-corrected chi connectivity index (χ1v) is 8.50. The Bertz CT molecular complexity index is 698. The van der Waals surface area contributed by atoms with Crippen LogP contribution in [0.5, 0.6) is 5.75 Å². The monoisotopic (exact) mass is 341 g/mol. The topological polar surface area (TPSA) is 85.7 Å². The molecule has 2 aliphatic heterocycles. The fraction of sp³-hybridized carbons (Fsp3) is 0.368. The van der Waals surface area contributed by atoms with E-state index in [9.17, 15) is 4.79 Å². The Balaban J connectivity index is 0.000000160. The van der Waals surface area contributed by atoms with Gasteiger partial charge in [0.2, 0.25) is 0 Å². The first-order valence-electron chi connectivity index (χ1n) is 8.50. The summed E-state index contributed by atoms with van der Waals surface area (Å²) in [4.78, 5) is 16.9. The van der Waals surface area contributed by atoms with Crippen LogP contribution in [0.3, 0.4) is 0 Å². The van der Waals surface area contributed by atoms with Crippen molar-refractivity contribution in [2.45, 2.75) is 24.8 Å². The minimum Gasteiger partial charge on any atom is -0.508 e. The molecule has 0 aliphatic carbocycles. The second kappa shape index (κ2) is 7.53. The molecule has 1 aromatic carbocycles. The number of phenols is 1. The predicted octanol–water partition coefficient (Wildman–Crippen LogP) is 2.50. The number of hydrogen-bond donors (Lipinski definition) is 3.